The third-order valence-corrected chi connectivity index (χ3v) is 4.17. The molecule has 2 N–H and O–H groups in total. The van der Waals surface area contributed by atoms with Gasteiger partial charge in [-0.3, -0.25) is 0 Å². The van der Waals surface area contributed by atoms with Crippen molar-refractivity contribution in [3.8, 4) is 0 Å². The lowest BCUT2D eigenvalue weighted by molar-refractivity contribution is 0.334. The van der Waals surface area contributed by atoms with Gasteiger partial charge in [-0.15, -0.1) is 0 Å². The molecule has 1 aliphatic rings. The zero-order valence-electron chi connectivity index (χ0n) is 12.5. The lowest BCUT2D eigenvalue weighted by atomic mass is 10.0. The molecular formula is C19H22N2. The Balaban J connectivity index is 2.03. The van der Waals surface area contributed by atoms with E-state index in [0.717, 1.165) is 19.5 Å². The highest BCUT2D eigenvalue weighted by atomic mass is 15.2. The first-order valence-electron chi connectivity index (χ1n) is 7.64. The summed E-state index contributed by atoms with van der Waals surface area (Å²) in [7, 11) is 0. The molecule has 0 aromatic heterocycles. The zero-order valence-corrected chi connectivity index (χ0v) is 12.5. The first-order valence-corrected chi connectivity index (χ1v) is 7.64. The predicted molar refractivity (Wildman–Crippen MR) is 89.5 cm³/mol. The number of benzene rings is 2. The van der Waals surface area contributed by atoms with E-state index in [2.05, 4.69) is 72.5 Å². The second kappa shape index (κ2) is 6.15. The minimum Gasteiger partial charge on any atom is -0.364 e. The largest absolute Gasteiger partial charge is 0.364 e. The van der Waals surface area contributed by atoms with Crippen LogP contribution < -0.4 is 5.73 Å². The van der Waals surface area contributed by atoms with Gasteiger partial charge < -0.3 is 10.6 Å². The minimum absolute atomic E-state index is 0.419. The zero-order chi connectivity index (χ0) is 14.7. The van der Waals surface area contributed by atoms with E-state index in [0.29, 0.717) is 6.04 Å². The Hall–Kier alpha value is -2.06. The monoisotopic (exact) mass is 278 g/mol. The van der Waals surface area contributed by atoms with E-state index < -0.39 is 0 Å². The molecule has 3 rings (SSSR count). The van der Waals surface area contributed by atoms with Crippen molar-refractivity contribution in [3.05, 3.63) is 71.3 Å². The highest BCUT2D eigenvalue weighted by Gasteiger charge is 2.29. The van der Waals surface area contributed by atoms with Gasteiger partial charge in [0.1, 0.15) is 0 Å². The van der Waals surface area contributed by atoms with Gasteiger partial charge in [0.25, 0.3) is 0 Å². The molecule has 0 amide bonds. The van der Waals surface area contributed by atoms with Gasteiger partial charge in [0.05, 0.1) is 6.04 Å². The Kier molecular flexibility index (Phi) is 4.07. The number of hydrogen-bond donors (Lipinski definition) is 1. The number of nitrogens with two attached hydrogens (primary N) is 1. The van der Waals surface area contributed by atoms with Gasteiger partial charge in [-0.25, -0.2) is 0 Å². The Labute approximate surface area is 126 Å². The van der Waals surface area contributed by atoms with Gasteiger partial charge in [-0.1, -0.05) is 54.6 Å². The molecule has 2 aromatic rings. The van der Waals surface area contributed by atoms with Crippen LogP contribution in [0, 0.1) is 0 Å². The van der Waals surface area contributed by atoms with Crippen LogP contribution in [0.15, 0.2) is 54.6 Å². The van der Waals surface area contributed by atoms with E-state index in [1.807, 2.05) is 0 Å². The van der Waals surface area contributed by atoms with Crippen LogP contribution in [-0.4, -0.2) is 18.0 Å². The maximum Gasteiger partial charge on any atom is 0.0521 e. The van der Waals surface area contributed by atoms with Crippen LogP contribution in [0.5, 0.6) is 0 Å². The van der Waals surface area contributed by atoms with E-state index in [1.54, 1.807) is 0 Å². The van der Waals surface area contributed by atoms with Crippen LogP contribution in [0.1, 0.15) is 36.1 Å². The van der Waals surface area contributed by atoms with E-state index in [1.165, 1.54) is 22.4 Å². The van der Waals surface area contributed by atoms with Crippen molar-refractivity contribution in [2.24, 2.45) is 5.73 Å². The lowest BCUT2D eigenvalue weighted by Gasteiger charge is -2.25. The average Bonchev–Trinajstić information content (AvgIpc) is 2.79. The van der Waals surface area contributed by atoms with Crippen molar-refractivity contribution in [1.82, 2.24) is 4.90 Å². The van der Waals surface area contributed by atoms with Gasteiger partial charge in [0, 0.05) is 17.8 Å². The SMILES string of the molecule is CC1c2ccccc2/C(=C/c2ccccc2)N1CCCN. The molecular weight excluding hydrogens is 256 g/mol. The van der Waals surface area contributed by atoms with Crippen LogP contribution in [0.25, 0.3) is 11.8 Å². The lowest BCUT2D eigenvalue weighted by Crippen LogP contribution is -2.22. The molecule has 0 fully saturated rings. The highest BCUT2D eigenvalue weighted by Crippen LogP contribution is 2.41. The molecule has 0 saturated heterocycles. The summed E-state index contributed by atoms with van der Waals surface area (Å²) < 4.78 is 0. The Morgan fingerprint density at radius 1 is 1.05 bits per heavy atom. The van der Waals surface area contributed by atoms with Crippen molar-refractivity contribution < 1.29 is 0 Å². The Morgan fingerprint density at radius 2 is 1.76 bits per heavy atom. The second-order valence-electron chi connectivity index (χ2n) is 5.54. The first-order chi connectivity index (χ1) is 10.3. The average molecular weight is 278 g/mol. The highest BCUT2D eigenvalue weighted by molar-refractivity contribution is 5.84. The van der Waals surface area contributed by atoms with Crippen LogP contribution in [0.2, 0.25) is 0 Å². The molecule has 1 atom stereocenters. The fraction of sp³-hybridized carbons (Fsp3) is 0.263. The number of hydrogen-bond acceptors (Lipinski definition) is 2. The normalized spacial score (nSPS) is 19.0. The minimum atomic E-state index is 0.419. The van der Waals surface area contributed by atoms with Crippen molar-refractivity contribution >= 4 is 11.8 Å². The summed E-state index contributed by atoms with van der Waals surface area (Å²) in [6.45, 7) is 4.02. The van der Waals surface area contributed by atoms with Crippen LogP contribution in [0.3, 0.4) is 0 Å². The maximum atomic E-state index is 5.71. The first kappa shape index (κ1) is 13.9. The van der Waals surface area contributed by atoms with E-state index >= 15 is 0 Å². The summed E-state index contributed by atoms with van der Waals surface area (Å²) in [5, 5.41) is 0. The van der Waals surface area contributed by atoms with Gasteiger partial charge in [-0.2, -0.15) is 0 Å². The summed E-state index contributed by atoms with van der Waals surface area (Å²) in [4.78, 5) is 2.48. The molecule has 2 heteroatoms. The van der Waals surface area contributed by atoms with Gasteiger partial charge in [-0.05, 0) is 37.1 Å². The number of rotatable bonds is 4. The summed E-state index contributed by atoms with van der Waals surface area (Å²) in [6.07, 6.45) is 3.31. The fourth-order valence-corrected chi connectivity index (χ4v) is 3.07. The topological polar surface area (TPSA) is 29.3 Å². The van der Waals surface area contributed by atoms with Crippen molar-refractivity contribution in [2.75, 3.05) is 13.1 Å². The Morgan fingerprint density at radius 3 is 2.52 bits per heavy atom. The van der Waals surface area contributed by atoms with Crippen LogP contribution in [-0.2, 0) is 0 Å². The van der Waals surface area contributed by atoms with Crippen molar-refractivity contribution in [1.29, 1.82) is 0 Å². The van der Waals surface area contributed by atoms with Crippen molar-refractivity contribution in [3.63, 3.8) is 0 Å². The molecule has 0 radical (unpaired) electrons. The smallest absolute Gasteiger partial charge is 0.0521 e. The summed E-state index contributed by atoms with van der Waals surface area (Å²) in [5.41, 5.74) is 11.0. The number of nitrogens with zero attached hydrogens (tertiary/aromatic N) is 1. The maximum absolute atomic E-state index is 5.71. The molecule has 0 aliphatic carbocycles. The van der Waals surface area contributed by atoms with Crippen LogP contribution >= 0.6 is 0 Å². The molecule has 108 valence electrons. The third kappa shape index (κ3) is 2.72. The summed E-state index contributed by atoms with van der Waals surface area (Å²) >= 11 is 0. The van der Waals surface area contributed by atoms with E-state index in [4.69, 9.17) is 5.73 Å². The molecule has 21 heavy (non-hydrogen) atoms. The summed E-state index contributed by atoms with van der Waals surface area (Å²) in [5.74, 6) is 0. The quantitative estimate of drug-likeness (QED) is 0.918. The molecule has 2 aromatic carbocycles. The molecule has 0 spiro atoms. The second-order valence-corrected chi connectivity index (χ2v) is 5.54. The number of fused-ring (bicyclic) bond motifs is 1. The molecule has 1 heterocycles. The predicted octanol–water partition coefficient (Wildman–Crippen LogP) is 3.91. The molecule has 1 aliphatic heterocycles. The van der Waals surface area contributed by atoms with Gasteiger partial charge in [0.15, 0.2) is 0 Å². The summed E-state index contributed by atoms with van der Waals surface area (Å²) in [6, 6.07) is 19.7. The fourth-order valence-electron chi connectivity index (χ4n) is 3.07. The molecule has 0 bridgehead atoms. The van der Waals surface area contributed by atoms with Gasteiger partial charge in [0.2, 0.25) is 0 Å². The Bertz CT molecular complexity index is 631. The molecule has 1 unspecified atom stereocenters. The van der Waals surface area contributed by atoms with E-state index in [-0.39, 0.29) is 0 Å². The van der Waals surface area contributed by atoms with Crippen molar-refractivity contribution in [2.45, 2.75) is 19.4 Å². The molecule has 2 nitrogen and oxygen atoms in total. The standard InChI is InChI=1S/C19H22N2/c1-15-17-10-5-6-11-18(17)19(21(15)13-7-12-20)14-16-8-3-2-4-9-16/h2-6,8-11,14-15H,7,12-13,20H2,1H3/b19-14-. The third-order valence-electron chi connectivity index (χ3n) is 4.17. The van der Waals surface area contributed by atoms with Crippen LogP contribution in [0.4, 0.5) is 0 Å². The molecule has 0 saturated carbocycles. The van der Waals surface area contributed by atoms with E-state index in [9.17, 15) is 0 Å². The van der Waals surface area contributed by atoms with Gasteiger partial charge >= 0.3 is 0 Å².